The molecular formula is C9H9ClN4O. The minimum Gasteiger partial charge on any atom is -0.399 e. The number of carbonyl (C=O) groups excluding carboxylic acids is 1. The number of hydrogen-bond acceptors (Lipinski definition) is 4. The number of benzene rings is 1. The lowest BCUT2D eigenvalue weighted by Gasteiger charge is -2.15. The van der Waals surface area contributed by atoms with Gasteiger partial charge in [0.1, 0.15) is 0 Å². The van der Waals surface area contributed by atoms with E-state index in [4.69, 9.17) is 17.3 Å². The van der Waals surface area contributed by atoms with Crippen molar-refractivity contribution in [1.29, 1.82) is 0 Å². The second-order valence-corrected chi connectivity index (χ2v) is 3.47. The molecule has 0 unspecified atom stereocenters. The van der Waals surface area contributed by atoms with Crippen LogP contribution in [0.1, 0.15) is 6.42 Å². The molecule has 1 amide bonds. The first-order valence-electron chi connectivity index (χ1n) is 4.34. The number of halogens is 1. The molecule has 0 radical (unpaired) electrons. The second kappa shape index (κ2) is 3.78. The quantitative estimate of drug-likeness (QED) is 0.748. The van der Waals surface area contributed by atoms with Gasteiger partial charge in [0.05, 0.1) is 17.1 Å². The highest BCUT2D eigenvalue weighted by molar-refractivity contribution is 6.33. The highest BCUT2D eigenvalue weighted by Crippen LogP contribution is 2.25. The van der Waals surface area contributed by atoms with Crippen LogP contribution in [0, 0.1) is 0 Å². The van der Waals surface area contributed by atoms with Gasteiger partial charge in [-0.3, -0.25) is 10.2 Å². The number of hydrogen-bond donors (Lipinski definition) is 2. The van der Waals surface area contributed by atoms with Crippen molar-refractivity contribution in [2.45, 2.75) is 6.42 Å². The summed E-state index contributed by atoms with van der Waals surface area (Å²) in [5.41, 5.74) is 9.50. The minimum atomic E-state index is -0.131. The molecule has 0 spiro atoms. The number of hydrazine groups is 1. The summed E-state index contributed by atoms with van der Waals surface area (Å²) in [6.45, 7) is 0. The average Bonchev–Trinajstić information content (AvgIpc) is 2.58. The van der Waals surface area contributed by atoms with Crippen molar-refractivity contribution in [3.63, 3.8) is 0 Å². The van der Waals surface area contributed by atoms with Gasteiger partial charge in [0.2, 0.25) is 0 Å². The van der Waals surface area contributed by atoms with E-state index in [1.54, 1.807) is 18.2 Å². The molecule has 0 saturated heterocycles. The van der Waals surface area contributed by atoms with E-state index < -0.39 is 0 Å². The summed E-state index contributed by atoms with van der Waals surface area (Å²) < 4.78 is 0. The van der Waals surface area contributed by atoms with Gasteiger partial charge in [-0.1, -0.05) is 11.6 Å². The summed E-state index contributed by atoms with van der Waals surface area (Å²) in [6, 6.07) is 4.98. The largest absolute Gasteiger partial charge is 0.399 e. The molecule has 0 aliphatic carbocycles. The third-order valence-electron chi connectivity index (χ3n) is 1.92. The predicted octanol–water partition coefficient (Wildman–Crippen LogP) is 1.47. The Hall–Kier alpha value is -1.75. The Labute approximate surface area is 91.5 Å². The van der Waals surface area contributed by atoms with Crippen molar-refractivity contribution in [3.8, 4) is 0 Å². The van der Waals surface area contributed by atoms with Crippen LogP contribution in [0.15, 0.2) is 23.3 Å². The molecule has 5 nitrogen and oxygen atoms in total. The number of nitrogen functional groups attached to an aromatic ring is 1. The van der Waals surface area contributed by atoms with Crippen LogP contribution in [0.25, 0.3) is 0 Å². The lowest BCUT2D eigenvalue weighted by atomic mass is 10.3. The number of anilines is 2. The van der Waals surface area contributed by atoms with Gasteiger partial charge in [0.15, 0.2) is 0 Å². The third kappa shape index (κ3) is 2.02. The summed E-state index contributed by atoms with van der Waals surface area (Å²) in [6.07, 6.45) is 1.82. The van der Waals surface area contributed by atoms with Gasteiger partial charge in [-0.2, -0.15) is 5.10 Å². The topological polar surface area (TPSA) is 70.7 Å². The normalized spacial score (nSPS) is 14.7. The van der Waals surface area contributed by atoms with Crippen LogP contribution in [0.4, 0.5) is 11.4 Å². The first-order valence-corrected chi connectivity index (χ1v) is 4.71. The maximum absolute atomic E-state index is 11.2. The molecule has 78 valence electrons. The zero-order chi connectivity index (χ0) is 10.8. The summed E-state index contributed by atoms with van der Waals surface area (Å²) in [7, 11) is 0. The molecular weight excluding hydrogens is 216 g/mol. The van der Waals surface area contributed by atoms with Gasteiger partial charge in [-0.25, -0.2) is 0 Å². The van der Waals surface area contributed by atoms with Crippen LogP contribution in [0.5, 0.6) is 0 Å². The highest BCUT2D eigenvalue weighted by Gasteiger charge is 2.17. The molecule has 1 aliphatic heterocycles. The van der Waals surface area contributed by atoms with Gasteiger partial charge >= 0.3 is 0 Å². The lowest BCUT2D eigenvalue weighted by Crippen LogP contribution is -2.27. The van der Waals surface area contributed by atoms with Gasteiger partial charge < -0.3 is 5.73 Å². The number of carbonyl (C=O) groups is 1. The Bertz CT molecular complexity index is 432. The second-order valence-electron chi connectivity index (χ2n) is 3.06. The zero-order valence-electron chi connectivity index (χ0n) is 7.77. The van der Waals surface area contributed by atoms with E-state index in [0.717, 1.165) is 5.12 Å². The highest BCUT2D eigenvalue weighted by atomic mass is 35.5. The van der Waals surface area contributed by atoms with E-state index in [9.17, 15) is 4.79 Å². The molecule has 0 saturated carbocycles. The van der Waals surface area contributed by atoms with E-state index in [2.05, 4.69) is 10.5 Å². The molecule has 3 N–H and O–H groups in total. The Morgan fingerprint density at radius 2 is 2.33 bits per heavy atom. The number of nitrogens with one attached hydrogen (secondary N) is 1. The predicted molar refractivity (Wildman–Crippen MR) is 59.4 cm³/mol. The smallest absolute Gasteiger partial charge is 0.267 e. The summed E-state index contributed by atoms with van der Waals surface area (Å²) >= 11 is 5.91. The van der Waals surface area contributed by atoms with E-state index in [1.807, 2.05) is 0 Å². The van der Waals surface area contributed by atoms with E-state index in [-0.39, 0.29) is 5.91 Å². The SMILES string of the molecule is Nc1ccc(Cl)c(NN2N=CCC2=O)c1. The fourth-order valence-electron chi connectivity index (χ4n) is 1.19. The van der Waals surface area contributed by atoms with Gasteiger partial charge in [-0.15, -0.1) is 5.12 Å². The maximum atomic E-state index is 11.2. The average molecular weight is 225 g/mol. The van der Waals surface area contributed by atoms with Crippen molar-refractivity contribution in [3.05, 3.63) is 23.2 Å². The van der Waals surface area contributed by atoms with Crippen molar-refractivity contribution in [2.75, 3.05) is 11.2 Å². The van der Waals surface area contributed by atoms with Crippen LogP contribution in [-0.2, 0) is 4.79 Å². The van der Waals surface area contributed by atoms with Crippen molar-refractivity contribution in [2.24, 2.45) is 5.10 Å². The van der Waals surface area contributed by atoms with E-state index in [0.29, 0.717) is 22.8 Å². The first kappa shape index (κ1) is 9.79. The number of nitrogens with two attached hydrogens (primary N) is 1. The van der Waals surface area contributed by atoms with Crippen molar-refractivity contribution < 1.29 is 4.79 Å². The molecule has 2 rings (SSSR count). The van der Waals surface area contributed by atoms with E-state index in [1.165, 1.54) is 6.21 Å². The summed E-state index contributed by atoms with van der Waals surface area (Å²) in [4.78, 5) is 11.2. The zero-order valence-corrected chi connectivity index (χ0v) is 8.53. The fourth-order valence-corrected chi connectivity index (χ4v) is 1.35. The van der Waals surface area contributed by atoms with Crippen molar-refractivity contribution in [1.82, 2.24) is 5.12 Å². The molecule has 0 aromatic heterocycles. The Morgan fingerprint density at radius 3 is 3.00 bits per heavy atom. The molecule has 0 atom stereocenters. The standard InChI is InChI=1S/C9H9ClN4O/c10-7-2-1-6(11)5-8(7)13-14-9(15)3-4-12-14/h1-2,4-5,13H,3,11H2. The lowest BCUT2D eigenvalue weighted by molar-refractivity contribution is -0.127. The van der Waals surface area contributed by atoms with Crippen LogP contribution in [-0.4, -0.2) is 17.2 Å². The summed E-state index contributed by atoms with van der Waals surface area (Å²) in [5, 5.41) is 5.46. The van der Waals surface area contributed by atoms with Gasteiger partial charge in [0, 0.05) is 11.9 Å². The number of hydrazone groups is 1. The van der Waals surface area contributed by atoms with Gasteiger partial charge in [0.25, 0.3) is 5.91 Å². The first-order chi connectivity index (χ1) is 7.16. The van der Waals surface area contributed by atoms with E-state index >= 15 is 0 Å². The Morgan fingerprint density at radius 1 is 1.53 bits per heavy atom. The Kier molecular flexibility index (Phi) is 2.47. The molecule has 0 fully saturated rings. The number of nitrogens with zero attached hydrogens (tertiary/aromatic N) is 2. The maximum Gasteiger partial charge on any atom is 0.267 e. The number of amides is 1. The van der Waals surface area contributed by atoms with Crippen LogP contribution >= 0.6 is 11.6 Å². The molecule has 1 aromatic rings. The fraction of sp³-hybridized carbons (Fsp3) is 0.111. The molecule has 1 aromatic carbocycles. The minimum absolute atomic E-state index is 0.131. The Balaban J connectivity index is 2.20. The third-order valence-corrected chi connectivity index (χ3v) is 2.25. The number of rotatable bonds is 2. The molecule has 15 heavy (non-hydrogen) atoms. The van der Waals surface area contributed by atoms with Crippen molar-refractivity contribution >= 4 is 35.1 Å². The van der Waals surface area contributed by atoms with Crippen LogP contribution in [0.3, 0.4) is 0 Å². The molecule has 6 heteroatoms. The molecule has 1 heterocycles. The van der Waals surface area contributed by atoms with Crippen LogP contribution < -0.4 is 11.2 Å². The van der Waals surface area contributed by atoms with Gasteiger partial charge in [-0.05, 0) is 18.2 Å². The van der Waals surface area contributed by atoms with Crippen LogP contribution in [0.2, 0.25) is 5.02 Å². The molecule has 1 aliphatic rings. The monoisotopic (exact) mass is 224 g/mol. The molecule has 0 bridgehead atoms. The summed E-state index contributed by atoms with van der Waals surface area (Å²) in [5.74, 6) is -0.131.